The van der Waals surface area contributed by atoms with Crippen molar-refractivity contribution in [1.82, 2.24) is 29.2 Å². The number of carbonyl (C=O) groups is 4. The first-order valence-corrected chi connectivity index (χ1v) is 26.4. The van der Waals surface area contributed by atoms with Gasteiger partial charge in [0.15, 0.2) is 0 Å². The zero-order valence-electron chi connectivity index (χ0n) is 48.1. The second-order valence-electron chi connectivity index (χ2n) is 19.2. The summed E-state index contributed by atoms with van der Waals surface area (Å²) in [4.78, 5) is 93.2. The molecule has 78 heavy (non-hydrogen) atoms. The molecular formula is C58H74ClN8NaO10. The number of alkyl halides is 1. The Morgan fingerprint density at radius 1 is 0.603 bits per heavy atom. The second kappa shape index (κ2) is 29.5. The number of benzene rings is 4. The van der Waals surface area contributed by atoms with Gasteiger partial charge < -0.3 is 59.3 Å². The normalized spacial score (nSPS) is 13.3. The number of carbonyl (C=O) groups excluding carboxylic acids is 4. The molecule has 20 heteroatoms. The Bertz CT molecular complexity index is 3140. The minimum Gasteiger partial charge on any atom is -1.00 e. The standard InChI is InChI=1S/C29H36N4O5.C25H27N3O5.C4H10ClN.Na.H/c1-6-38-29(36)25-26(23-19-20(2)7-12-24(23)33(28(25)35)18-13-30(3)4)31-14-16-32(17-15-31)27(34)21-8-10-22(37-5)11-9-21;1-4-33-25(31)21-22(19-15-16(2)5-10-20(19)26-23(21)29)27-11-13-28(14-12-27)24(30)17-6-8-18(32-3)9-7-17;1-6(2)4-3-5;;/h7-12,19H,6,13-18H2,1-5H3;5-10,15H,4,11-14H2,1-3H3,(H,26,29);3-4H2,1-2H3;;/q;;;+1;-1. The fourth-order valence-corrected chi connectivity index (χ4v) is 9.51. The largest absolute Gasteiger partial charge is 1.00 e. The van der Waals surface area contributed by atoms with E-state index in [4.69, 9.17) is 30.5 Å². The van der Waals surface area contributed by atoms with E-state index in [0.717, 1.165) is 39.8 Å². The predicted molar refractivity (Wildman–Crippen MR) is 305 cm³/mol. The van der Waals surface area contributed by atoms with Gasteiger partial charge in [0.1, 0.15) is 22.6 Å². The van der Waals surface area contributed by atoms with Gasteiger partial charge in [-0.3, -0.25) is 19.2 Å². The van der Waals surface area contributed by atoms with Gasteiger partial charge in [-0.05, 0) is 129 Å². The van der Waals surface area contributed by atoms with Crippen LogP contribution in [0.5, 0.6) is 11.5 Å². The number of H-pyrrole nitrogens is 1. The van der Waals surface area contributed by atoms with Crippen LogP contribution in [0.4, 0.5) is 11.4 Å². The number of piperazine rings is 2. The van der Waals surface area contributed by atoms with Gasteiger partial charge in [-0.1, -0.05) is 23.3 Å². The molecule has 0 bridgehead atoms. The molecule has 0 saturated carbocycles. The van der Waals surface area contributed by atoms with Gasteiger partial charge in [-0.2, -0.15) is 0 Å². The van der Waals surface area contributed by atoms with E-state index in [9.17, 15) is 28.8 Å². The number of ether oxygens (including phenoxy) is 4. The molecule has 1 N–H and O–H groups in total. The van der Waals surface area contributed by atoms with E-state index >= 15 is 0 Å². The van der Waals surface area contributed by atoms with Crippen molar-refractivity contribution in [3.05, 3.63) is 139 Å². The summed E-state index contributed by atoms with van der Waals surface area (Å²) in [6, 6.07) is 25.8. The minimum atomic E-state index is -0.645. The van der Waals surface area contributed by atoms with Gasteiger partial charge >= 0.3 is 41.5 Å². The zero-order chi connectivity index (χ0) is 55.9. The summed E-state index contributed by atoms with van der Waals surface area (Å²) < 4.78 is 22.6. The second-order valence-corrected chi connectivity index (χ2v) is 19.6. The van der Waals surface area contributed by atoms with E-state index in [1.165, 1.54) is 0 Å². The topological polar surface area (TPSA) is 180 Å². The van der Waals surface area contributed by atoms with Crippen molar-refractivity contribution >= 4 is 68.5 Å². The van der Waals surface area contributed by atoms with Crippen LogP contribution in [0, 0.1) is 13.8 Å². The number of likely N-dealkylation sites (N-methyl/N-ethyl adjacent to an activating group) is 1. The molecule has 0 unspecified atom stereocenters. The summed E-state index contributed by atoms with van der Waals surface area (Å²) in [5.74, 6) is 0.736. The van der Waals surface area contributed by atoms with Gasteiger partial charge in [0.25, 0.3) is 22.9 Å². The molecule has 2 amide bonds. The maximum absolute atomic E-state index is 13.8. The Morgan fingerprint density at radius 2 is 1.04 bits per heavy atom. The third kappa shape index (κ3) is 15.4. The van der Waals surface area contributed by atoms with Crippen molar-refractivity contribution in [2.45, 2.75) is 34.2 Å². The molecule has 414 valence electrons. The molecule has 2 saturated heterocycles. The molecule has 0 radical (unpaired) electrons. The maximum atomic E-state index is 13.8. The number of rotatable bonds is 15. The quantitative estimate of drug-likeness (QED) is 0.0889. The summed E-state index contributed by atoms with van der Waals surface area (Å²) in [5.41, 5.74) is 5.04. The smallest absolute Gasteiger partial charge is 1.00 e. The Morgan fingerprint density at radius 3 is 1.46 bits per heavy atom. The van der Waals surface area contributed by atoms with Gasteiger partial charge in [0, 0.05) is 99.8 Å². The van der Waals surface area contributed by atoms with Crippen molar-refractivity contribution in [3.8, 4) is 11.5 Å². The molecule has 2 aliphatic rings. The SMILES string of the molecule is CCOC(=O)c1c(N2CCN(C(=O)c3ccc(OC)cc3)CC2)c2cc(C)ccc2[nH]c1=O.CCOC(=O)c1c(N2CCN(C(=O)c3ccc(OC)cc3)CC2)c2cc(C)ccc2n(CCN(C)C)c1=O.CN(C)CCCl.[H-].[Na+]. The van der Waals surface area contributed by atoms with E-state index in [-0.39, 0.29) is 72.7 Å². The Kier molecular flexibility index (Phi) is 23.6. The van der Waals surface area contributed by atoms with Crippen LogP contribution in [0.15, 0.2) is 94.5 Å². The number of hydrogen-bond donors (Lipinski definition) is 1. The number of anilines is 2. The van der Waals surface area contributed by atoms with Crippen LogP contribution in [0.3, 0.4) is 0 Å². The number of nitrogens with one attached hydrogen (secondary N) is 1. The predicted octanol–water partition coefficient (Wildman–Crippen LogP) is 3.91. The third-order valence-corrected chi connectivity index (χ3v) is 13.4. The molecule has 2 aliphatic heterocycles. The average Bonchev–Trinajstić information content (AvgIpc) is 3.43. The number of esters is 2. The molecule has 2 fully saturated rings. The van der Waals surface area contributed by atoms with Gasteiger partial charge in [0.05, 0.1) is 49.8 Å². The van der Waals surface area contributed by atoms with Crippen LogP contribution >= 0.6 is 11.6 Å². The summed E-state index contributed by atoms with van der Waals surface area (Å²) in [6.07, 6.45) is 0. The summed E-state index contributed by atoms with van der Waals surface area (Å²) in [6.45, 7) is 13.6. The number of amides is 2. The summed E-state index contributed by atoms with van der Waals surface area (Å²) in [5, 5.41) is 1.62. The fourth-order valence-electron chi connectivity index (χ4n) is 9.17. The monoisotopic (exact) mass is 1100 g/mol. The van der Waals surface area contributed by atoms with E-state index in [2.05, 4.69) is 4.98 Å². The molecule has 4 aromatic carbocycles. The number of hydrogen-bond acceptors (Lipinski definition) is 14. The van der Waals surface area contributed by atoms with Gasteiger partial charge in [0.2, 0.25) is 0 Å². The Balaban J connectivity index is 0.000000304. The van der Waals surface area contributed by atoms with E-state index in [1.807, 2.05) is 98.0 Å². The van der Waals surface area contributed by atoms with E-state index < -0.39 is 17.5 Å². The summed E-state index contributed by atoms with van der Waals surface area (Å²) in [7, 11) is 11.1. The number of aromatic nitrogens is 2. The van der Waals surface area contributed by atoms with Crippen molar-refractivity contribution in [3.63, 3.8) is 0 Å². The summed E-state index contributed by atoms with van der Waals surface area (Å²) >= 11 is 5.35. The van der Waals surface area contributed by atoms with Gasteiger partial charge in [-0.25, -0.2) is 9.59 Å². The van der Waals surface area contributed by atoms with Crippen molar-refractivity contribution < 1.29 is 69.1 Å². The van der Waals surface area contributed by atoms with Crippen molar-refractivity contribution in [2.75, 3.05) is 137 Å². The number of aryl methyl sites for hydroxylation is 2. The van der Waals surface area contributed by atoms with Crippen LogP contribution in [0.1, 0.15) is 67.8 Å². The maximum Gasteiger partial charge on any atom is 1.00 e. The molecule has 6 aromatic rings. The van der Waals surface area contributed by atoms with Crippen LogP contribution in [0.25, 0.3) is 21.8 Å². The minimum absolute atomic E-state index is 0. The number of fused-ring (bicyclic) bond motifs is 2. The molecular weight excluding hydrogens is 1030 g/mol. The van der Waals surface area contributed by atoms with E-state index in [0.29, 0.717) is 105 Å². The van der Waals surface area contributed by atoms with Crippen molar-refractivity contribution in [2.24, 2.45) is 0 Å². The molecule has 8 rings (SSSR count). The van der Waals surface area contributed by atoms with Crippen LogP contribution in [-0.2, 0) is 16.0 Å². The first-order valence-electron chi connectivity index (χ1n) is 25.8. The number of pyridine rings is 2. The van der Waals surface area contributed by atoms with Crippen LogP contribution in [0.2, 0.25) is 0 Å². The van der Waals surface area contributed by atoms with Gasteiger partial charge in [-0.15, -0.1) is 11.6 Å². The fraction of sp³-hybridized carbons (Fsp3) is 0.414. The molecule has 18 nitrogen and oxygen atoms in total. The van der Waals surface area contributed by atoms with E-state index in [1.54, 1.807) is 91.0 Å². The molecule has 4 heterocycles. The van der Waals surface area contributed by atoms with Crippen LogP contribution in [-0.4, -0.2) is 180 Å². The Hall–Kier alpha value is -6.41. The number of nitrogens with zero attached hydrogens (tertiary/aromatic N) is 7. The Labute approximate surface area is 485 Å². The first kappa shape index (κ1) is 62.4. The van der Waals surface area contributed by atoms with Crippen molar-refractivity contribution in [1.29, 1.82) is 0 Å². The first-order chi connectivity index (χ1) is 36.9. The number of aromatic amines is 1. The molecule has 0 aliphatic carbocycles. The molecule has 2 aromatic heterocycles. The molecule has 0 spiro atoms. The number of halogens is 1. The molecule has 0 atom stereocenters. The number of methoxy groups -OCH3 is 2. The average molecular weight is 1100 g/mol. The zero-order valence-corrected chi connectivity index (χ0v) is 49.8. The van der Waals surface area contributed by atoms with Crippen LogP contribution < -0.4 is 59.9 Å². The third-order valence-electron chi connectivity index (χ3n) is 13.2.